The fourth-order valence-electron chi connectivity index (χ4n) is 3.15. The zero-order chi connectivity index (χ0) is 24.9. The van der Waals surface area contributed by atoms with Crippen LogP contribution in [0.25, 0.3) is 0 Å². The summed E-state index contributed by atoms with van der Waals surface area (Å²) in [5.41, 5.74) is -0.590. The van der Waals surface area contributed by atoms with Gasteiger partial charge in [0.15, 0.2) is 0 Å². The van der Waals surface area contributed by atoms with Gasteiger partial charge in [0, 0.05) is 18.5 Å². The molecule has 1 amide bonds. The van der Waals surface area contributed by atoms with E-state index in [4.69, 9.17) is 16.7 Å². The molecule has 0 aliphatic heterocycles. The standard InChI is InChI=1S/C23H23ClF3N3O3/c1-5-16(23(32)33)17(25)9-12(2)13(3)28-22(31)19-18(29-30(4)20(19)21(26)27)11-14-7-6-8-15(24)10-14/h5-10,13,21H,2,11H2,1,3-4H3,(H,28,31)(H,32,33). The summed E-state index contributed by atoms with van der Waals surface area (Å²) >= 11 is 5.99. The van der Waals surface area contributed by atoms with Crippen LogP contribution in [0, 0.1) is 0 Å². The average molecular weight is 482 g/mol. The summed E-state index contributed by atoms with van der Waals surface area (Å²) in [4.78, 5) is 24.0. The van der Waals surface area contributed by atoms with E-state index in [0.717, 1.165) is 16.8 Å². The number of nitrogens with zero attached hydrogens (tertiary/aromatic N) is 2. The first-order valence-corrected chi connectivity index (χ1v) is 10.2. The van der Waals surface area contributed by atoms with Gasteiger partial charge in [-0.05, 0) is 43.2 Å². The third-order valence-electron chi connectivity index (χ3n) is 4.85. The highest BCUT2D eigenvalue weighted by molar-refractivity contribution is 6.30. The van der Waals surface area contributed by atoms with E-state index in [0.29, 0.717) is 10.6 Å². The van der Waals surface area contributed by atoms with Gasteiger partial charge in [-0.2, -0.15) is 5.10 Å². The molecule has 10 heteroatoms. The van der Waals surface area contributed by atoms with E-state index in [1.54, 1.807) is 24.3 Å². The third-order valence-corrected chi connectivity index (χ3v) is 5.09. The monoisotopic (exact) mass is 481 g/mol. The number of carboxylic acids is 1. The quantitative estimate of drug-likeness (QED) is 0.382. The molecule has 0 aliphatic rings. The van der Waals surface area contributed by atoms with Crippen LogP contribution in [0.3, 0.4) is 0 Å². The minimum atomic E-state index is -2.97. The Kier molecular flexibility index (Phi) is 8.64. The van der Waals surface area contributed by atoms with Crippen LogP contribution in [0.5, 0.6) is 0 Å². The number of rotatable bonds is 9. The number of carboxylic acid groups (broad SMARTS) is 1. The van der Waals surface area contributed by atoms with Crippen molar-refractivity contribution in [3.05, 3.63) is 87.5 Å². The number of allylic oxidation sites excluding steroid dienone is 1. The van der Waals surface area contributed by atoms with E-state index < -0.39 is 41.4 Å². The number of hydrogen-bond acceptors (Lipinski definition) is 3. The number of aliphatic carboxylic acids is 1. The number of amides is 1. The highest BCUT2D eigenvalue weighted by atomic mass is 35.5. The van der Waals surface area contributed by atoms with Gasteiger partial charge in [-0.1, -0.05) is 36.4 Å². The Morgan fingerprint density at radius 3 is 2.58 bits per heavy atom. The average Bonchev–Trinajstić information content (AvgIpc) is 3.03. The molecule has 1 aromatic heterocycles. The van der Waals surface area contributed by atoms with Gasteiger partial charge in [0.05, 0.1) is 22.9 Å². The summed E-state index contributed by atoms with van der Waals surface area (Å²) in [6.45, 7) is 6.47. The number of nitrogens with one attached hydrogen (secondary N) is 1. The summed E-state index contributed by atoms with van der Waals surface area (Å²) in [5.74, 6) is -3.35. The highest BCUT2D eigenvalue weighted by Crippen LogP contribution is 2.27. The maximum absolute atomic E-state index is 14.2. The summed E-state index contributed by atoms with van der Waals surface area (Å²) in [7, 11) is 1.31. The first-order chi connectivity index (χ1) is 15.5. The predicted octanol–water partition coefficient (Wildman–Crippen LogP) is 5.16. The van der Waals surface area contributed by atoms with Crippen LogP contribution in [0.4, 0.5) is 13.2 Å². The second kappa shape index (κ2) is 11.0. The minimum absolute atomic E-state index is 0.0420. The molecular formula is C23H23ClF3N3O3. The smallest absolute Gasteiger partial charge is 0.338 e. The predicted molar refractivity (Wildman–Crippen MR) is 119 cm³/mol. The number of halogens is 4. The number of aromatic nitrogens is 2. The summed E-state index contributed by atoms with van der Waals surface area (Å²) < 4.78 is 42.6. The molecular weight excluding hydrogens is 459 g/mol. The fourth-order valence-corrected chi connectivity index (χ4v) is 3.36. The van der Waals surface area contributed by atoms with Crippen molar-refractivity contribution >= 4 is 23.5 Å². The van der Waals surface area contributed by atoms with Gasteiger partial charge in [0.1, 0.15) is 11.5 Å². The molecule has 0 fully saturated rings. The lowest BCUT2D eigenvalue weighted by molar-refractivity contribution is -0.132. The molecule has 176 valence electrons. The fraction of sp³-hybridized carbons (Fsp3) is 0.261. The largest absolute Gasteiger partial charge is 0.478 e. The first-order valence-electron chi connectivity index (χ1n) is 9.81. The van der Waals surface area contributed by atoms with Crippen LogP contribution in [-0.2, 0) is 18.3 Å². The molecule has 1 atom stereocenters. The van der Waals surface area contributed by atoms with Gasteiger partial charge in [-0.15, -0.1) is 0 Å². The molecule has 1 unspecified atom stereocenters. The van der Waals surface area contributed by atoms with E-state index >= 15 is 0 Å². The molecule has 0 saturated carbocycles. The SMILES string of the molecule is C=C(C=C(F)C(=CC)C(=O)O)C(C)NC(=O)c1c(Cc2cccc(Cl)c2)nn(C)c1C(F)F. The van der Waals surface area contributed by atoms with E-state index in [1.165, 1.54) is 20.9 Å². The number of carbonyl (C=O) groups is 2. The summed E-state index contributed by atoms with van der Waals surface area (Å²) in [5, 5.41) is 16.1. The van der Waals surface area contributed by atoms with Gasteiger partial charge in [-0.25, -0.2) is 18.0 Å². The van der Waals surface area contributed by atoms with Crippen molar-refractivity contribution in [1.82, 2.24) is 15.1 Å². The van der Waals surface area contributed by atoms with Crippen LogP contribution in [0.1, 0.15) is 47.6 Å². The Hall–Kier alpha value is -3.33. The molecule has 0 radical (unpaired) electrons. The molecule has 6 nitrogen and oxygen atoms in total. The molecule has 1 aromatic carbocycles. The van der Waals surface area contributed by atoms with E-state index in [1.807, 2.05) is 0 Å². The number of alkyl halides is 2. The first kappa shape index (κ1) is 25.9. The zero-order valence-corrected chi connectivity index (χ0v) is 19.0. The molecule has 1 heterocycles. The number of aryl methyl sites for hydroxylation is 1. The Labute approximate surface area is 194 Å². The van der Waals surface area contributed by atoms with Crippen LogP contribution in [0.15, 0.2) is 60.0 Å². The van der Waals surface area contributed by atoms with Gasteiger partial charge in [0.2, 0.25) is 0 Å². The van der Waals surface area contributed by atoms with Crippen molar-refractivity contribution in [2.75, 3.05) is 0 Å². The minimum Gasteiger partial charge on any atom is -0.478 e. The summed E-state index contributed by atoms with van der Waals surface area (Å²) in [6.07, 6.45) is -0.938. The van der Waals surface area contributed by atoms with E-state index in [9.17, 15) is 22.8 Å². The Morgan fingerprint density at radius 1 is 1.36 bits per heavy atom. The van der Waals surface area contributed by atoms with Crippen LogP contribution >= 0.6 is 11.6 Å². The molecule has 0 saturated heterocycles. The molecule has 0 aliphatic carbocycles. The molecule has 2 rings (SSSR count). The normalized spacial score (nSPS) is 13.2. The lowest BCUT2D eigenvalue weighted by Crippen LogP contribution is -2.34. The highest BCUT2D eigenvalue weighted by Gasteiger charge is 2.29. The molecule has 2 aromatic rings. The lowest BCUT2D eigenvalue weighted by atomic mass is 10.0. The van der Waals surface area contributed by atoms with Crippen molar-refractivity contribution < 1.29 is 27.9 Å². The number of benzene rings is 1. The summed E-state index contributed by atoms with van der Waals surface area (Å²) in [6, 6.07) is 5.82. The van der Waals surface area contributed by atoms with Crippen molar-refractivity contribution in [1.29, 1.82) is 0 Å². The molecule has 2 N–H and O–H groups in total. The second-order valence-corrected chi connectivity index (χ2v) is 7.64. The van der Waals surface area contributed by atoms with Crippen LogP contribution < -0.4 is 5.32 Å². The maximum atomic E-state index is 14.2. The molecule has 0 spiro atoms. The van der Waals surface area contributed by atoms with Gasteiger partial charge in [-0.3, -0.25) is 9.48 Å². The maximum Gasteiger partial charge on any atom is 0.338 e. The van der Waals surface area contributed by atoms with Crippen LogP contribution in [-0.4, -0.2) is 32.8 Å². The topological polar surface area (TPSA) is 84.2 Å². The van der Waals surface area contributed by atoms with Crippen molar-refractivity contribution in [3.63, 3.8) is 0 Å². The Bertz CT molecular complexity index is 1140. The van der Waals surface area contributed by atoms with Crippen LogP contribution in [0.2, 0.25) is 5.02 Å². The van der Waals surface area contributed by atoms with E-state index in [-0.39, 0.29) is 23.3 Å². The van der Waals surface area contributed by atoms with Crippen molar-refractivity contribution in [2.24, 2.45) is 7.05 Å². The van der Waals surface area contributed by atoms with Gasteiger partial charge < -0.3 is 10.4 Å². The second-order valence-electron chi connectivity index (χ2n) is 7.21. The van der Waals surface area contributed by atoms with Crippen molar-refractivity contribution in [2.45, 2.75) is 32.7 Å². The number of carbonyl (C=O) groups excluding carboxylic acids is 1. The Balaban J connectivity index is 2.34. The van der Waals surface area contributed by atoms with E-state index in [2.05, 4.69) is 17.0 Å². The molecule has 0 bridgehead atoms. The third kappa shape index (κ3) is 6.35. The van der Waals surface area contributed by atoms with Crippen molar-refractivity contribution in [3.8, 4) is 0 Å². The molecule has 33 heavy (non-hydrogen) atoms. The van der Waals surface area contributed by atoms with Gasteiger partial charge >= 0.3 is 5.97 Å². The zero-order valence-electron chi connectivity index (χ0n) is 18.2. The number of hydrogen-bond donors (Lipinski definition) is 2. The van der Waals surface area contributed by atoms with Gasteiger partial charge in [0.25, 0.3) is 12.3 Å². The Morgan fingerprint density at radius 2 is 2.03 bits per heavy atom. The lowest BCUT2D eigenvalue weighted by Gasteiger charge is -2.16.